The predicted molar refractivity (Wildman–Crippen MR) is 59.5 cm³/mol. The van der Waals surface area contributed by atoms with Crippen molar-refractivity contribution in [2.24, 2.45) is 0 Å². The molecule has 0 aliphatic carbocycles. The standard InChI is InChI=1S/C10H16O4S/c1-4-13-9(11)8(7-15-6-3)10(12)14-5-2/h7H,4-6H2,1-3H3. The number of hydrogen-bond acceptors (Lipinski definition) is 5. The quantitative estimate of drug-likeness (QED) is 0.302. The molecule has 0 spiro atoms. The molecule has 0 aromatic rings. The Morgan fingerprint density at radius 3 is 1.87 bits per heavy atom. The minimum atomic E-state index is -0.628. The molecule has 0 aliphatic heterocycles. The van der Waals surface area contributed by atoms with E-state index >= 15 is 0 Å². The molecule has 15 heavy (non-hydrogen) atoms. The number of rotatable bonds is 6. The number of carbonyl (C=O) groups is 2. The fraction of sp³-hybridized carbons (Fsp3) is 0.600. The maximum atomic E-state index is 11.4. The molecule has 0 radical (unpaired) electrons. The number of carbonyl (C=O) groups excluding carboxylic acids is 2. The van der Waals surface area contributed by atoms with E-state index in [4.69, 9.17) is 9.47 Å². The van der Waals surface area contributed by atoms with Crippen LogP contribution in [0.5, 0.6) is 0 Å². The lowest BCUT2D eigenvalue weighted by atomic mass is 10.3. The first-order valence-corrected chi connectivity index (χ1v) is 5.88. The van der Waals surface area contributed by atoms with E-state index in [0.29, 0.717) is 0 Å². The van der Waals surface area contributed by atoms with Crippen molar-refractivity contribution in [2.75, 3.05) is 19.0 Å². The van der Waals surface area contributed by atoms with E-state index in [1.54, 1.807) is 13.8 Å². The molecule has 0 saturated heterocycles. The molecule has 0 unspecified atom stereocenters. The summed E-state index contributed by atoms with van der Waals surface area (Å²) >= 11 is 1.36. The van der Waals surface area contributed by atoms with Gasteiger partial charge in [-0.15, -0.1) is 11.8 Å². The van der Waals surface area contributed by atoms with E-state index in [1.165, 1.54) is 17.2 Å². The lowest BCUT2D eigenvalue weighted by Gasteiger charge is -2.05. The highest BCUT2D eigenvalue weighted by Crippen LogP contribution is 2.10. The van der Waals surface area contributed by atoms with Crippen LogP contribution in [0.1, 0.15) is 20.8 Å². The van der Waals surface area contributed by atoms with Gasteiger partial charge in [0.15, 0.2) is 5.57 Å². The van der Waals surface area contributed by atoms with Crippen molar-refractivity contribution in [1.82, 2.24) is 0 Å². The zero-order chi connectivity index (χ0) is 11.7. The first-order valence-electron chi connectivity index (χ1n) is 4.83. The van der Waals surface area contributed by atoms with Crippen LogP contribution in [0.2, 0.25) is 0 Å². The van der Waals surface area contributed by atoms with Gasteiger partial charge in [0.05, 0.1) is 13.2 Å². The first-order chi connectivity index (χ1) is 7.17. The number of thioether (sulfide) groups is 1. The van der Waals surface area contributed by atoms with Crippen molar-refractivity contribution in [3.8, 4) is 0 Å². The third-order valence-electron chi connectivity index (χ3n) is 1.36. The van der Waals surface area contributed by atoms with Gasteiger partial charge < -0.3 is 9.47 Å². The van der Waals surface area contributed by atoms with Crippen molar-refractivity contribution in [3.05, 3.63) is 11.0 Å². The van der Waals surface area contributed by atoms with E-state index in [0.717, 1.165) is 5.75 Å². The van der Waals surface area contributed by atoms with Crippen LogP contribution >= 0.6 is 11.8 Å². The molecule has 0 amide bonds. The molecule has 0 aromatic heterocycles. The molecular weight excluding hydrogens is 216 g/mol. The summed E-state index contributed by atoms with van der Waals surface area (Å²) in [5.74, 6) is -0.476. The van der Waals surface area contributed by atoms with Crippen molar-refractivity contribution in [1.29, 1.82) is 0 Å². The smallest absolute Gasteiger partial charge is 0.346 e. The summed E-state index contributed by atoms with van der Waals surface area (Å²) in [5, 5.41) is 1.48. The van der Waals surface area contributed by atoms with Gasteiger partial charge >= 0.3 is 11.9 Å². The summed E-state index contributed by atoms with van der Waals surface area (Å²) in [4.78, 5) is 22.7. The minimum Gasteiger partial charge on any atom is -0.462 e. The molecule has 0 heterocycles. The van der Waals surface area contributed by atoms with Gasteiger partial charge in [-0.1, -0.05) is 6.92 Å². The maximum absolute atomic E-state index is 11.4. The summed E-state index contributed by atoms with van der Waals surface area (Å²) in [5.41, 5.74) is -0.0365. The van der Waals surface area contributed by atoms with Crippen molar-refractivity contribution in [3.63, 3.8) is 0 Å². The van der Waals surface area contributed by atoms with Crippen LogP contribution < -0.4 is 0 Å². The Bertz CT molecular complexity index is 228. The van der Waals surface area contributed by atoms with Crippen molar-refractivity contribution in [2.45, 2.75) is 20.8 Å². The van der Waals surface area contributed by atoms with Gasteiger partial charge in [-0.3, -0.25) is 0 Å². The highest BCUT2D eigenvalue weighted by atomic mass is 32.2. The molecular formula is C10H16O4S. The van der Waals surface area contributed by atoms with Crippen LogP contribution in [-0.4, -0.2) is 30.9 Å². The molecule has 0 N–H and O–H groups in total. The van der Waals surface area contributed by atoms with Gasteiger partial charge in [0, 0.05) is 0 Å². The molecule has 0 atom stereocenters. The molecule has 5 heteroatoms. The summed E-state index contributed by atoms with van der Waals surface area (Å²) in [7, 11) is 0. The molecule has 0 fully saturated rings. The van der Waals surface area contributed by atoms with Crippen LogP contribution in [0.3, 0.4) is 0 Å². The molecule has 0 aromatic carbocycles. The average molecular weight is 232 g/mol. The normalized spacial score (nSPS) is 9.27. The Hall–Kier alpha value is -0.970. The minimum absolute atomic E-state index is 0.0365. The second-order valence-electron chi connectivity index (χ2n) is 2.43. The number of ether oxygens (including phenoxy) is 2. The van der Waals surface area contributed by atoms with Gasteiger partial charge in [-0.25, -0.2) is 9.59 Å². The second kappa shape index (κ2) is 8.35. The van der Waals surface area contributed by atoms with E-state index in [-0.39, 0.29) is 18.8 Å². The van der Waals surface area contributed by atoms with E-state index in [2.05, 4.69) is 0 Å². The van der Waals surface area contributed by atoms with Crippen molar-refractivity contribution < 1.29 is 19.1 Å². The lowest BCUT2D eigenvalue weighted by Crippen LogP contribution is -2.18. The van der Waals surface area contributed by atoms with E-state index in [9.17, 15) is 9.59 Å². The van der Waals surface area contributed by atoms with Gasteiger partial charge in [0.25, 0.3) is 0 Å². The zero-order valence-corrected chi connectivity index (χ0v) is 10.1. The fourth-order valence-corrected chi connectivity index (χ4v) is 1.29. The maximum Gasteiger partial charge on any atom is 0.346 e. The Labute approximate surface area is 94.0 Å². The molecule has 4 nitrogen and oxygen atoms in total. The first kappa shape index (κ1) is 14.0. The van der Waals surface area contributed by atoms with Gasteiger partial charge in [0.1, 0.15) is 0 Å². The van der Waals surface area contributed by atoms with Crippen LogP contribution in [0.25, 0.3) is 0 Å². The van der Waals surface area contributed by atoms with Crippen LogP contribution in [0.4, 0.5) is 0 Å². The van der Waals surface area contributed by atoms with E-state index in [1.807, 2.05) is 6.92 Å². The Balaban J connectivity index is 4.57. The topological polar surface area (TPSA) is 52.6 Å². The van der Waals surface area contributed by atoms with Crippen LogP contribution in [0, 0.1) is 0 Å². The van der Waals surface area contributed by atoms with Crippen LogP contribution in [0.15, 0.2) is 11.0 Å². The fourth-order valence-electron chi connectivity index (χ4n) is 0.764. The summed E-state index contributed by atoms with van der Waals surface area (Å²) in [6.07, 6.45) is 0. The molecule has 0 saturated carbocycles. The monoisotopic (exact) mass is 232 g/mol. The summed E-state index contributed by atoms with van der Waals surface area (Å²) < 4.78 is 9.49. The van der Waals surface area contributed by atoms with Crippen LogP contribution in [-0.2, 0) is 19.1 Å². The summed E-state index contributed by atoms with van der Waals surface area (Å²) in [6, 6.07) is 0. The Kier molecular flexibility index (Phi) is 7.81. The summed E-state index contributed by atoms with van der Waals surface area (Å²) in [6.45, 7) is 5.79. The molecule has 0 rings (SSSR count). The van der Waals surface area contributed by atoms with E-state index < -0.39 is 11.9 Å². The highest BCUT2D eigenvalue weighted by Gasteiger charge is 2.20. The highest BCUT2D eigenvalue weighted by molar-refractivity contribution is 8.02. The molecule has 0 aliphatic rings. The van der Waals surface area contributed by atoms with Crippen molar-refractivity contribution >= 4 is 23.7 Å². The zero-order valence-electron chi connectivity index (χ0n) is 9.24. The van der Waals surface area contributed by atoms with Gasteiger partial charge in [-0.2, -0.15) is 0 Å². The third kappa shape index (κ3) is 5.47. The lowest BCUT2D eigenvalue weighted by molar-refractivity contribution is -0.146. The van der Waals surface area contributed by atoms with Gasteiger partial charge in [-0.05, 0) is 25.0 Å². The molecule has 0 bridgehead atoms. The Morgan fingerprint density at radius 1 is 1.07 bits per heavy atom. The second-order valence-corrected chi connectivity index (χ2v) is 3.57. The predicted octanol–water partition coefficient (Wildman–Crippen LogP) is 1.75. The average Bonchev–Trinajstić information content (AvgIpc) is 2.19. The van der Waals surface area contributed by atoms with Gasteiger partial charge in [0.2, 0.25) is 0 Å². The number of esters is 2. The third-order valence-corrected chi connectivity index (χ3v) is 2.09. The number of hydrogen-bond donors (Lipinski definition) is 0. The Morgan fingerprint density at radius 2 is 1.53 bits per heavy atom. The molecule has 86 valence electrons. The SMILES string of the molecule is CCOC(=O)C(=CSCC)C(=O)OCC. The largest absolute Gasteiger partial charge is 0.462 e.